The summed E-state index contributed by atoms with van der Waals surface area (Å²) in [5.74, 6) is 1.60. The number of anilines is 2. The lowest BCUT2D eigenvalue weighted by atomic mass is 10.3. The van der Waals surface area contributed by atoms with Gasteiger partial charge in [-0.3, -0.25) is 0 Å². The molecule has 0 radical (unpaired) electrons. The first-order valence-electron chi connectivity index (χ1n) is 7.57. The lowest BCUT2D eigenvalue weighted by Gasteiger charge is -2.09. The number of rotatable bonds is 9. The van der Waals surface area contributed by atoms with Crippen LogP contribution >= 0.6 is 0 Å². The largest absolute Gasteiger partial charge is 0.370 e. The molecule has 0 spiro atoms. The van der Waals surface area contributed by atoms with Crippen molar-refractivity contribution < 1.29 is 0 Å². The van der Waals surface area contributed by atoms with Crippen LogP contribution in [0.25, 0.3) is 0 Å². The zero-order valence-electron chi connectivity index (χ0n) is 12.8. The molecule has 2 N–H and O–H groups in total. The molecular weight excluding hydrogens is 264 g/mol. The highest BCUT2D eigenvalue weighted by Gasteiger charge is 2.01. The Morgan fingerprint density at radius 1 is 1.14 bits per heavy atom. The standard InChI is InChI=1S/C15H24N6/c1-3-6-18-15-19-13(2)11-14(20-15)17-7-4-5-9-21-10-8-16-12-21/h8,10-12H,3-7,9H2,1-2H3,(H2,17,18,19,20). The van der Waals surface area contributed by atoms with Gasteiger partial charge in [0.15, 0.2) is 0 Å². The molecule has 0 fully saturated rings. The van der Waals surface area contributed by atoms with Gasteiger partial charge in [0.1, 0.15) is 5.82 Å². The molecule has 21 heavy (non-hydrogen) atoms. The van der Waals surface area contributed by atoms with Gasteiger partial charge in [0, 0.05) is 43.8 Å². The molecule has 0 unspecified atom stereocenters. The summed E-state index contributed by atoms with van der Waals surface area (Å²) in [7, 11) is 0. The average Bonchev–Trinajstić information content (AvgIpc) is 2.97. The van der Waals surface area contributed by atoms with E-state index in [4.69, 9.17) is 0 Å². The Bertz CT molecular complexity index is 523. The summed E-state index contributed by atoms with van der Waals surface area (Å²) in [4.78, 5) is 12.9. The lowest BCUT2D eigenvalue weighted by Crippen LogP contribution is -2.09. The maximum absolute atomic E-state index is 4.47. The summed E-state index contributed by atoms with van der Waals surface area (Å²) in [5, 5.41) is 6.59. The van der Waals surface area contributed by atoms with Gasteiger partial charge in [-0.15, -0.1) is 0 Å². The molecule has 0 bridgehead atoms. The van der Waals surface area contributed by atoms with Crippen molar-refractivity contribution in [1.82, 2.24) is 19.5 Å². The second-order valence-electron chi connectivity index (χ2n) is 5.08. The van der Waals surface area contributed by atoms with E-state index < -0.39 is 0 Å². The number of hydrogen-bond acceptors (Lipinski definition) is 5. The van der Waals surface area contributed by atoms with Crippen molar-refractivity contribution in [2.45, 2.75) is 39.7 Å². The van der Waals surface area contributed by atoms with E-state index in [1.807, 2.05) is 31.7 Å². The summed E-state index contributed by atoms with van der Waals surface area (Å²) in [6.45, 7) is 6.94. The van der Waals surface area contributed by atoms with E-state index in [0.29, 0.717) is 5.95 Å². The van der Waals surface area contributed by atoms with Gasteiger partial charge in [-0.25, -0.2) is 9.97 Å². The van der Waals surface area contributed by atoms with Crippen LogP contribution < -0.4 is 10.6 Å². The minimum Gasteiger partial charge on any atom is -0.370 e. The van der Waals surface area contributed by atoms with Crippen LogP contribution in [0.4, 0.5) is 11.8 Å². The summed E-state index contributed by atoms with van der Waals surface area (Å²) in [6, 6.07) is 1.98. The molecule has 0 atom stereocenters. The van der Waals surface area contributed by atoms with Gasteiger partial charge in [-0.05, 0) is 26.2 Å². The van der Waals surface area contributed by atoms with Gasteiger partial charge in [0.05, 0.1) is 6.33 Å². The van der Waals surface area contributed by atoms with Crippen molar-refractivity contribution in [3.63, 3.8) is 0 Å². The second-order valence-corrected chi connectivity index (χ2v) is 5.08. The first-order valence-corrected chi connectivity index (χ1v) is 7.57. The van der Waals surface area contributed by atoms with Gasteiger partial charge in [-0.2, -0.15) is 4.98 Å². The highest BCUT2D eigenvalue weighted by molar-refractivity contribution is 5.41. The predicted molar refractivity (Wildman–Crippen MR) is 85.5 cm³/mol. The maximum Gasteiger partial charge on any atom is 0.224 e. The monoisotopic (exact) mass is 288 g/mol. The SMILES string of the molecule is CCCNc1nc(C)cc(NCCCCn2ccnc2)n1. The van der Waals surface area contributed by atoms with E-state index in [-0.39, 0.29) is 0 Å². The minimum absolute atomic E-state index is 0.706. The number of aryl methyl sites for hydroxylation is 2. The Balaban J connectivity index is 1.73. The van der Waals surface area contributed by atoms with Crippen molar-refractivity contribution >= 4 is 11.8 Å². The highest BCUT2D eigenvalue weighted by Crippen LogP contribution is 2.10. The third kappa shape index (κ3) is 5.41. The van der Waals surface area contributed by atoms with Crippen LogP contribution in [0.1, 0.15) is 31.9 Å². The molecule has 0 aliphatic rings. The Kier molecular flexibility index (Phi) is 5.99. The fraction of sp³-hybridized carbons (Fsp3) is 0.533. The molecule has 6 nitrogen and oxygen atoms in total. The summed E-state index contributed by atoms with van der Waals surface area (Å²) >= 11 is 0. The van der Waals surface area contributed by atoms with E-state index in [0.717, 1.165) is 50.4 Å². The Hall–Kier alpha value is -2.11. The molecule has 0 saturated carbocycles. The van der Waals surface area contributed by atoms with Crippen molar-refractivity contribution in [3.8, 4) is 0 Å². The number of hydrogen-bond donors (Lipinski definition) is 2. The molecule has 0 aromatic carbocycles. The Morgan fingerprint density at radius 3 is 2.81 bits per heavy atom. The molecule has 2 aromatic rings. The second kappa shape index (κ2) is 8.24. The van der Waals surface area contributed by atoms with Crippen molar-refractivity contribution in [1.29, 1.82) is 0 Å². The highest BCUT2D eigenvalue weighted by atomic mass is 15.1. The van der Waals surface area contributed by atoms with Gasteiger partial charge in [-0.1, -0.05) is 6.92 Å². The summed E-state index contributed by atoms with van der Waals surface area (Å²) < 4.78 is 2.10. The average molecular weight is 288 g/mol. The van der Waals surface area contributed by atoms with Crippen molar-refractivity contribution in [2.24, 2.45) is 0 Å². The van der Waals surface area contributed by atoms with Gasteiger partial charge >= 0.3 is 0 Å². The molecule has 2 heterocycles. The molecule has 2 rings (SSSR count). The minimum atomic E-state index is 0.706. The van der Waals surface area contributed by atoms with E-state index >= 15 is 0 Å². The zero-order chi connectivity index (χ0) is 14.9. The number of unbranched alkanes of at least 4 members (excludes halogenated alkanes) is 1. The van der Waals surface area contributed by atoms with Gasteiger partial charge < -0.3 is 15.2 Å². The predicted octanol–water partition coefficient (Wildman–Crippen LogP) is 2.70. The molecule has 0 amide bonds. The summed E-state index contributed by atoms with van der Waals surface area (Å²) in [5.41, 5.74) is 0.976. The smallest absolute Gasteiger partial charge is 0.224 e. The molecule has 114 valence electrons. The van der Waals surface area contributed by atoms with Crippen molar-refractivity contribution in [3.05, 3.63) is 30.5 Å². The van der Waals surface area contributed by atoms with Crippen LogP contribution in [0.5, 0.6) is 0 Å². The maximum atomic E-state index is 4.47. The van der Waals surface area contributed by atoms with Crippen LogP contribution in [0, 0.1) is 6.92 Å². The topological polar surface area (TPSA) is 67.7 Å². The summed E-state index contributed by atoms with van der Waals surface area (Å²) in [6.07, 6.45) is 8.94. The van der Waals surface area contributed by atoms with E-state index in [9.17, 15) is 0 Å². The number of imidazole rings is 1. The Labute approximate surface area is 126 Å². The Morgan fingerprint density at radius 2 is 2.05 bits per heavy atom. The third-order valence-electron chi connectivity index (χ3n) is 3.10. The first kappa shape index (κ1) is 15.3. The van der Waals surface area contributed by atoms with Gasteiger partial charge in [0.25, 0.3) is 0 Å². The lowest BCUT2D eigenvalue weighted by molar-refractivity contribution is 0.620. The molecule has 2 aromatic heterocycles. The van der Waals surface area contributed by atoms with E-state index in [1.165, 1.54) is 0 Å². The number of nitrogens with zero attached hydrogens (tertiary/aromatic N) is 4. The van der Waals surface area contributed by atoms with E-state index in [1.54, 1.807) is 0 Å². The molecule has 0 aliphatic heterocycles. The van der Waals surface area contributed by atoms with Gasteiger partial charge in [0.2, 0.25) is 5.95 Å². The van der Waals surface area contributed by atoms with Crippen molar-refractivity contribution in [2.75, 3.05) is 23.7 Å². The van der Waals surface area contributed by atoms with Crippen LogP contribution in [0.15, 0.2) is 24.8 Å². The van der Waals surface area contributed by atoms with Crippen LogP contribution in [0.3, 0.4) is 0 Å². The fourth-order valence-electron chi connectivity index (χ4n) is 2.03. The molecule has 6 heteroatoms. The van der Waals surface area contributed by atoms with Crippen LogP contribution in [-0.2, 0) is 6.54 Å². The molecule has 0 aliphatic carbocycles. The number of nitrogens with one attached hydrogen (secondary N) is 2. The zero-order valence-corrected chi connectivity index (χ0v) is 12.8. The van der Waals surface area contributed by atoms with Crippen LogP contribution in [-0.4, -0.2) is 32.6 Å². The number of aromatic nitrogens is 4. The van der Waals surface area contributed by atoms with E-state index in [2.05, 4.69) is 37.1 Å². The first-order chi connectivity index (χ1) is 10.3. The fourth-order valence-corrected chi connectivity index (χ4v) is 2.03. The molecule has 0 saturated heterocycles. The normalized spacial score (nSPS) is 10.6. The quantitative estimate of drug-likeness (QED) is 0.694. The third-order valence-corrected chi connectivity index (χ3v) is 3.10. The molecular formula is C15H24N6. The van der Waals surface area contributed by atoms with Crippen LogP contribution in [0.2, 0.25) is 0 Å².